The average Bonchev–Trinajstić information content (AvgIpc) is 2.39. The molecule has 0 fully saturated rings. The fraction of sp³-hybridized carbons (Fsp3) is 0.294. The molecular weight excluding hydrogens is 254 g/mol. The fourth-order valence-corrected chi connectivity index (χ4v) is 2.65. The summed E-state index contributed by atoms with van der Waals surface area (Å²) in [5.74, 6) is 0. The molecule has 0 radical (unpaired) electrons. The molecule has 0 bridgehead atoms. The molecule has 2 N–H and O–H groups in total. The van der Waals surface area contributed by atoms with Crippen LogP contribution in [-0.4, -0.2) is 0 Å². The maximum absolute atomic E-state index is 6.35. The average molecular weight is 274 g/mol. The molecule has 1 nitrogen and oxygen atoms in total. The first-order chi connectivity index (χ1) is 9.11. The second-order valence-corrected chi connectivity index (χ2v) is 5.40. The van der Waals surface area contributed by atoms with Crippen molar-refractivity contribution in [3.63, 3.8) is 0 Å². The summed E-state index contributed by atoms with van der Waals surface area (Å²) >= 11 is 6.30. The zero-order valence-electron chi connectivity index (χ0n) is 11.5. The lowest BCUT2D eigenvalue weighted by atomic mass is 9.96. The Labute approximate surface area is 120 Å². The molecule has 0 saturated carbocycles. The van der Waals surface area contributed by atoms with Crippen LogP contribution in [0.1, 0.15) is 41.6 Å². The molecule has 19 heavy (non-hydrogen) atoms. The molecule has 0 saturated heterocycles. The van der Waals surface area contributed by atoms with E-state index in [2.05, 4.69) is 37.3 Å². The molecular formula is C17H20ClN. The number of hydrogen-bond acceptors (Lipinski definition) is 1. The van der Waals surface area contributed by atoms with Crippen LogP contribution in [-0.2, 0) is 6.42 Å². The summed E-state index contributed by atoms with van der Waals surface area (Å²) in [6, 6.07) is 14.4. The smallest absolute Gasteiger partial charge is 0.0566 e. The minimum absolute atomic E-state index is 0.162. The first-order valence-corrected chi connectivity index (χ1v) is 7.10. The summed E-state index contributed by atoms with van der Waals surface area (Å²) in [6.45, 7) is 4.21. The fourth-order valence-electron chi connectivity index (χ4n) is 2.29. The Balaban J connectivity index is 2.32. The summed E-state index contributed by atoms with van der Waals surface area (Å²) in [7, 11) is 0. The van der Waals surface area contributed by atoms with Gasteiger partial charge < -0.3 is 5.73 Å². The van der Waals surface area contributed by atoms with Gasteiger partial charge in [-0.15, -0.1) is 0 Å². The van der Waals surface area contributed by atoms with Crippen LogP contribution >= 0.6 is 11.6 Å². The summed E-state index contributed by atoms with van der Waals surface area (Å²) in [6.07, 6.45) is 2.23. The number of halogens is 1. The van der Waals surface area contributed by atoms with Crippen molar-refractivity contribution in [3.8, 4) is 0 Å². The largest absolute Gasteiger partial charge is 0.320 e. The zero-order valence-corrected chi connectivity index (χ0v) is 12.2. The van der Waals surface area contributed by atoms with Gasteiger partial charge in [0, 0.05) is 5.02 Å². The second-order valence-electron chi connectivity index (χ2n) is 5.00. The van der Waals surface area contributed by atoms with E-state index in [0.717, 1.165) is 34.6 Å². The Kier molecular flexibility index (Phi) is 4.62. The van der Waals surface area contributed by atoms with E-state index in [1.165, 1.54) is 5.56 Å². The second kappa shape index (κ2) is 6.23. The molecule has 1 atom stereocenters. The van der Waals surface area contributed by atoms with Crippen LogP contribution in [0.4, 0.5) is 0 Å². The molecule has 2 heteroatoms. The highest BCUT2D eigenvalue weighted by molar-refractivity contribution is 6.31. The van der Waals surface area contributed by atoms with Crippen molar-refractivity contribution in [2.75, 3.05) is 0 Å². The van der Waals surface area contributed by atoms with Gasteiger partial charge in [-0.2, -0.15) is 0 Å². The molecule has 0 aliphatic carbocycles. The molecule has 0 heterocycles. The Morgan fingerprint density at radius 1 is 1.16 bits per heavy atom. The molecule has 0 aliphatic rings. The van der Waals surface area contributed by atoms with Gasteiger partial charge in [0.15, 0.2) is 0 Å². The lowest BCUT2D eigenvalue weighted by Crippen LogP contribution is -2.12. The third-order valence-electron chi connectivity index (χ3n) is 3.34. The van der Waals surface area contributed by atoms with E-state index in [0.29, 0.717) is 0 Å². The van der Waals surface area contributed by atoms with Crippen molar-refractivity contribution in [3.05, 3.63) is 69.7 Å². The first kappa shape index (κ1) is 14.1. The zero-order chi connectivity index (χ0) is 13.8. The Morgan fingerprint density at radius 3 is 2.63 bits per heavy atom. The number of aryl methyl sites for hydroxylation is 2. The van der Waals surface area contributed by atoms with Gasteiger partial charge in [-0.1, -0.05) is 61.3 Å². The van der Waals surface area contributed by atoms with Crippen LogP contribution in [0.15, 0.2) is 42.5 Å². The molecule has 0 spiro atoms. The number of hydrogen-bond donors (Lipinski definition) is 1. The minimum atomic E-state index is -0.162. The van der Waals surface area contributed by atoms with Crippen LogP contribution in [0.2, 0.25) is 5.02 Å². The molecule has 2 aromatic carbocycles. The van der Waals surface area contributed by atoms with E-state index in [9.17, 15) is 0 Å². The molecule has 100 valence electrons. The van der Waals surface area contributed by atoms with Gasteiger partial charge in [-0.25, -0.2) is 0 Å². The molecule has 0 aliphatic heterocycles. The number of nitrogens with two attached hydrogens (primary N) is 1. The van der Waals surface area contributed by atoms with E-state index in [-0.39, 0.29) is 6.04 Å². The SMILES string of the molecule is CCCc1cccc(C(N)c2ccc(C)cc2Cl)c1. The lowest BCUT2D eigenvalue weighted by molar-refractivity contribution is 0.858. The lowest BCUT2D eigenvalue weighted by Gasteiger charge is -2.15. The third-order valence-corrected chi connectivity index (χ3v) is 3.67. The van der Waals surface area contributed by atoms with Crippen molar-refractivity contribution in [1.82, 2.24) is 0 Å². The normalized spacial score (nSPS) is 12.4. The third kappa shape index (κ3) is 3.37. The van der Waals surface area contributed by atoms with E-state index in [1.54, 1.807) is 0 Å². The van der Waals surface area contributed by atoms with Crippen molar-refractivity contribution < 1.29 is 0 Å². The van der Waals surface area contributed by atoms with Crippen LogP contribution in [0.5, 0.6) is 0 Å². The highest BCUT2D eigenvalue weighted by Gasteiger charge is 2.12. The van der Waals surface area contributed by atoms with Gasteiger partial charge in [0.25, 0.3) is 0 Å². The predicted molar refractivity (Wildman–Crippen MR) is 82.7 cm³/mol. The highest BCUT2D eigenvalue weighted by atomic mass is 35.5. The number of rotatable bonds is 4. The van der Waals surface area contributed by atoms with Crippen LogP contribution in [0.3, 0.4) is 0 Å². The van der Waals surface area contributed by atoms with E-state index < -0.39 is 0 Å². The van der Waals surface area contributed by atoms with Gasteiger partial charge in [-0.3, -0.25) is 0 Å². The van der Waals surface area contributed by atoms with E-state index in [1.807, 2.05) is 19.1 Å². The first-order valence-electron chi connectivity index (χ1n) is 6.72. The van der Waals surface area contributed by atoms with E-state index >= 15 is 0 Å². The van der Waals surface area contributed by atoms with Gasteiger partial charge in [0.05, 0.1) is 6.04 Å². The summed E-state index contributed by atoms with van der Waals surface area (Å²) < 4.78 is 0. The molecule has 0 amide bonds. The Morgan fingerprint density at radius 2 is 1.95 bits per heavy atom. The Bertz CT molecular complexity index is 563. The maximum Gasteiger partial charge on any atom is 0.0566 e. The summed E-state index contributed by atoms with van der Waals surface area (Å²) in [5, 5.41) is 0.744. The van der Waals surface area contributed by atoms with Gasteiger partial charge in [0.1, 0.15) is 0 Å². The van der Waals surface area contributed by atoms with Crippen LogP contribution < -0.4 is 5.73 Å². The van der Waals surface area contributed by atoms with Gasteiger partial charge >= 0.3 is 0 Å². The van der Waals surface area contributed by atoms with Crippen LogP contribution in [0.25, 0.3) is 0 Å². The summed E-state index contributed by atoms with van der Waals surface area (Å²) in [4.78, 5) is 0. The maximum atomic E-state index is 6.35. The standard InChI is InChI=1S/C17H20ClN/c1-3-5-13-6-4-7-14(11-13)17(19)15-9-8-12(2)10-16(15)18/h4,6-11,17H,3,5,19H2,1-2H3. The van der Waals surface area contributed by atoms with Gasteiger partial charge in [-0.05, 0) is 41.7 Å². The molecule has 2 rings (SSSR count). The molecule has 1 unspecified atom stereocenters. The highest BCUT2D eigenvalue weighted by Crippen LogP contribution is 2.27. The predicted octanol–water partition coefficient (Wildman–Crippen LogP) is 4.65. The number of benzene rings is 2. The van der Waals surface area contributed by atoms with Crippen LogP contribution in [0, 0.1) is 6.92 Å². The molecule has 2 aromatic rings. The monoisotopic (exact) mass is 273 g/mol. The van der Waals surface area contributed by atoms with Crippen molar-refractivity contribution in [1.29, 1.82) is 0 Å². The minimum Gasteiger partial charge on any atom is -0.320 e. The van der Waals surface area contributed by atoms with Crippen molar-refractivity contribution >= 4 is 11.6 Å². The summed E-state index contributed by atoms with van der Waals surface area (Å²) in [5.41, 5.74) is 10.9. The topological polar surface area (TPSA) is 26.0 Å². The van der Waals surface area contributed by atoms with Gasteiger partial charge in [0.2, 0.25) is 0 Å². The van der Waals surface area contributed by atoms with Crippen molar-refractivity contribution in [2.45, 2.75) is 32.7 Å². The van der Waals surface area contributed by atoms with Crippen molar-refractivity contribution in [2.24, 2.45) is 5.73 Å². The Hall–Kier alpha value is -1.31. The quantitative estimate of drug-likeness (QED) is 0.862. The van der Waals surface area contributed by atoms with E-state index in [4.69, 9.17) is 17.3 Å². The molecule has 0 aromatic heterocycles.